The number of aliphatic hydroxyl groups excluding tert-OH is 1. The number of hydrogen-bond donors (Lipinski definition) is 1. The van der Waals surface area contributed by atoms with E-state index in [1.807, 2.05) is 0 Å². The third kappa shape index (κ3) is 3.38. The van der Waals surface area contributed by atoms with E-state index < -0.39 is 6.61 Å². The van der Waals surface area contributed by atoms with Gasteiger partial charge in [-0.3, -0.25) is 4.79 Å². The van der Waals surface area contributed by atoms with Crippen molar-refractivity contribution in [1.82, 2.24) is 0 Å². The van der Waals surface area contributed by atoms with Crippen LogP contribution in [0.25, 0.3) is 0 Å². The van der Waals surface area contributed by atoms with E-state index in [1.165, 1.54) is 0 Å². The van der Waals surface area contributed by atoms with Crippen LogP contribution in [0.3, 0.4) is 0 Å². The Morgan fingerprint density at radius 1 is 1.43 bits per heavy atom. The number of thioether (sulfide) groups is 1. The summed E-state index contributed by atoms with van der Waals surface area (Å²) >= 11 is 11.5. The first-order valence-electron chi connectivity index (χ1n) is 3.75. The van der Waals surface area contributed by atoms with Gasteiger partial charge in [0.1, 0.15) is 6.61 Å². The highest BCUT2D eigenvalue weighted by atomic mass is 35.5. The van der Waals surface area contributed by atoms with E-state index in [2.05, 4.69) is 0 Å². The van der Waals surface area contributed by atoms with Crippen LogP contribution in [0.4, 0.5) is 0 Å². The molecule has 2 nitrogen and oxygen atoms in total. The molecule has 0 fully saturated rings. The predicted molar refractivity (Wildman–Crippen MR) is 62.8 cm³/mol. The molecule has 0 saturated carbocycles. The van der Waals surface area contributed by atoms with Crippen molar-refractivity contribution in [3.63, 3.8) is 0 Å². The Kier molecular flexibility index (Phi) is 4.54. The fourth-order valence-electron chi connectivity index (χ4n) is 0.781. The minimum Gasteiger partial charge on any atom is -0.388 e. The lowest BCUT2D eigenvalue weighted by atomic mass is 10.2. The molecule has 1 aromatic carbocycles. The molecule has 1 aromatic rings. The maximum atomic E-state index is 10.9. The summed E-state index contributed by atoms with van der Waals surface area (Å²) in [4.78, 5) is 10.9. The Balaban J connectivity index is 2.70. The highest BCUT2D eigenvalue weighted by Gasteiger charge is 2.07. The van der Waals surface area contributed by atoms with Gasteiger partial charge in [-0.25, -0.2) is 0 Å². The molecule has 0 heterocycles. The van der Waals surface area contributed by atoms with Gasteiger partial charge in [-0.2, -0.15) is 0 Å². The largest absolute Gasteiger partial charge is 0.388 e. The molecule has 0 bridgehead atoms. The normalized spacial score (nSPS) is 9.86. The molecule has 0 saturated heterocycles. The van der Waals surface area contributed by atoms with Gasteiger partial charge in [0, 0.05) is 5.02 Å². The van der Waals surface area contributed by atoms with E-state index in [4.69, 9.17) is 28.9 Å². The van der Waals surface area contributed by atoms with Gasteiger partial charge in [0.05, 0.1) is 4.20 Å². The van der Waals surface area contributed by atoms with E-state index in [0.29, 0.717) is 9.22 Å². The number of benzene rings is 1. The van der Waals surface area contributed by atoms with Crippen LogP contribution in [0.5, 0.6) is 0 Å². The summed E-state index contributed by atoms with van der Waals surface area (Å²) in [6, 6.07) is 6.88. The predicted octanol–water partition coefficient (Wildman–Crippen LogP) is 2.27. The second-order valence-corrected chi connectivity index (χ2v) is 4.60. The maximum Gasteiger partial charge on any atom is 0.219 e. The monoisotopic (exact) mass is 246 g/mol. The first-order valence-corrected chi connectivity index (χ1v) is 5.35. The Bertz CT molecular complexity index is 348. The Hall–Kier alpha value is -0.420. The molecule has 5 heteroatoms. The van der Waals surface area contributed by atoms with Crippen molar-refractivity contribution >= 4 is 44.9 Å². The van der Waals surface area contributed by atoms with Crippen molar-refractivity contribution < 1.29 is 9.90 Å². The standard InChI is InChI=1S/C9H7ClO2S2/c10-7-3-1-6(2-4-7)9(13)14-8(12)5-11/h1-4,11H,5H2. The smallest absolute Gasteiger partial charge is 0.219 e. The molecular formula is C9H7ClO2S2. The summed E-state index contributed by atoms with van der Waals surface area (Å²) in [5.74, 6) is 0. The number of aliphatic hydroxyl groups is 1. The Morgan fingerprint density at radius 3 is 2.50 bits per heavy atom. The lowest BCUT2D eigenvalue weighted by Gasteiger charge is -2.01. The van der Waals surface area contributed by atoms with E-state index in [-0.39, 0.29) is 5.12 Å². The molecule has 0 atom stereocenters. The minimum atomic E-state index is -0.502. The van der Waals surface area contributed by atoms with Crippen molar-refractivity contribution in [2.24, 2.45) is 0 Å². The fraction of sp³-hybridized carbons (Fsp3) is 0.111. The van der Waals surface area contributed by atoms with Crippen LogP contribution in [0, 0.1) is 0 Å². The van der Waals surface area contributed by atoms with Crippen LogP contribution in [-0.2, 0) is 4.79 Å². The molecule has 1 rings (SSSR count). The minimum absolute atomic E-state index is 0.357. The molecule has 74 valence electrons. The molecule has 0 spiro atoms. The fourth-order valence-corrected chi connectivity index (χ4v) is 1.85. The second kappa shape index (κ2) is 5.46. The van der Waals surface area contributed by atoms with Crippen LogP contribution in [0.15, 0.2) is 24.3 Å². The van der Waals surface area contributed by atoms with Gasteiger partial charge >= 0.3 is 0 Å². The number of carbonyl (C=O) groups is 1. The average molecular weight is 247 g/mol. The van der Waals surface area contributed by atoms with Crippen LogP contribution >= 0.6 is 35.6 Å². The Labute approximate surface area is 96.3 Å². The molecule has 0 aliphatic rings. The van der Waals surface area contributed by atoms with Gasteiger partial charge in [0.2, 0.25) is 5.12 Å². The van der Waals surface area contributed by atoms with E-state index in [0.717, 1.165) is 17.3 Å². The third-order valence-electron chi connectivity index (χ3n) is 1.42. The summed E-state index contributed by atoms with van der Waals surface area (Å²) < 4.78 is 0.445. The summed E-state index contributed by atoms with van der Waals surface area (Å²) in [5.41, 5.74) is 0.760. The van der Waals surface area contributed by atoms with Crippen LogP contribution in [-0.4, -0.2) is 21.0 Å². The van der Waals surface area contributed by atoms with E-state index >= 15 is 0 Å². The zero-order chi connectivity index (χ0) is 10.6. The van der Waals surface area contributed by atoms with E-state index in [1.54, 1.807) is 24.3 Å². The number of thiocarbonyl (C=S) groups is 1. The SMILES string of the molecule is O=C(CO)SC(=S)c1ccc(Cl)cc1. The van der Waals surface area contributed by atoms with Gasteiger partial charge < -0.3 is 5.11 Å². The zero-order valence-corrected chi connectivity index (χ0v) is 9.46. The lowest BCUT2D eigenvalue weighted by Crippen LogP contribution is -2.02. The molecule has 0 radical (unpaired) electrons. The van der Waals surface area contributed by atoms with Crippen molar-refractivity contribution in [2.75, 3.05) is 6.61 Å². The molecule has 0 aliphatic heterocycles. The number of carbonyl (C=O) groups excluding carboxylic acids is 1. The summed E-state index contributed by atoms with van der Waals surface area (Å²) in [7, 11) is 0. The first-order chi connectivity index (χ1) is 6.63. The van der Waals surface area contributed by atoms with E-state index in [9.17, 15) is 4.79 Å². The topological polar surface area (TPSA) is 37.3 Å². The summed E-state index contributed by atoms with van der Waals surface area (Å²) in [6.45, 7) is -0.502. The molecule has 0 aromatic heterocycles. The van der Waals surface area contributed by atoms with Crippen LogP contribution in [0.1, 0.15) is 5.56 Å². The quantitative estimate of drug-likeness (QED) is 0.813. The molecular weight excluding hydrogens is 240 g/mol. The van der Waals surface area contributed by atoms with Crippen molar-refractivity contribution in [3.8, 4) is 0 Å². The van der Waals surface area contributed by atoms with Gasteiger partial charge in [-0.05, 0) is 29.5 Å². The molecule has 14 heavy (non-hydrogen) atoms. The number of rotatable bonds is 2. The highest BCUT2D eigenvalue weighted by Crippen LogP contribution is 2.17. The highest BCUT2D eigenvalue weighted by molar-refractivity contribution is 8.33. The first kappa shape index (κ1) is 11.7. The van der Waals surface area contributed by atoms with Crippen molar-refractivity contribution in [1.29, 1.82) is 0 Å². The van der Waals surface area contributed by atoms with Gasteiger partial charge in [0.15, 0.2) is 0 Å². The Morgan fingerprint density at radius 2 is 2.00 bits per heavy atom. The van der Waals surface area contributed by atoms with Crippen LogP contribution in [0.2, 0.25) is 5.02 Å². The second-order valence-electron chi connectivity index (χ2n) is 2.43. The van der Waals surface area contributed by atoms with Crippen molar-refractivity contribution in [3.05, 3.63) is 34.9 Å². The summed E-state index contributed by atoms with van der Waals surface area (Å²) in [5, 5.41) is 8.79. The summed E-state index contributed by atoms with van der Waals surface area (Å²) in [6.07, 6.45) is 0. The van der Waals surface area contributed by atoms with Crippen molar-refractivity contribution in [2.45, 2.75) is 0 Å². The third-order valence-corrected chi connectivity index (χ3v) is 2.93. The zero-order valence-electron chi connectivity index (χ0n) is 7.07. The lowest BCUT2D eigenvalue weighted by molar-refractivity contribution is -0.113. The molecule has 0 amide bonds. The maximum absolute atomic E-state index is 10.9. The molecule has 1 N–H and O–H groups in total. The van der Waals surface area contributed by atoms with Gasteiger partial charge in [-0.15, -0.1) is 0 Å². The van der Waals surface area contributed by atoms with Gasteiger partial charge in [0.25, 0.3) is 0 Å². The number of halogens is 1. The molecule has 0 aliphatic carbocycles. The van der Waals surface area contributed by atoms with Gasteiger partial charge in [-0.1, -0.05) is 36.0 Å². The number of hydrogen-bond acceptors (Lipinski definition) is 4. The van der Waals surface area contributed by atoms with Crippen LogP contribution < -0.4 is 0 Å². The average Bonchev–Trinajstić information content (AvgIpc) is 2.18. The molecule has 0 unspecified atom stereocenters.